The van der Waals surface area contributed by atoms with Gasteiger partial charge in [-0.3, -0.25) is 4.68 Å². The second kappa shape index (κ2) is 7.57. The van der Waals surface area contributed by atoms with Gasteiger partial charge in [-0.1, -0.05) is 0 Å². The number of methoxy groups -OCH3 is 3. The average molecular weight is 357 g/mol. The fourth-order valence-electron chi connectivity index (χ4n) is 2.83. The Morgan fingerprint density at radius 3 is 2.65 bits per heavy atom. The zero-order valence-corrected chi connectivity index (χ0v) is 15.6. The number of rotatable bonds is 7. The molecule has 3 aromatic rings. The van der Waals surface area contributed by atoms with E-state index in [1.807, 2.05) is 32.2 Å². The molecular formula is C18H23N5O3. The molecule has 0 radical (unpaired) electrons. The average Bonchev–Trinajstić information content (AvgIpc) is 3.02. The normalized spacial score (nSPS) is 12.2. The van der Waals surface area contributed by atoms with E-state index in [4.69, 9.17) is 14.2 Å². The highest BCUT2D eigenvalue weighted by molar-refractivity contribution is 5.86. The topological polar surface area (TPSA) is 83.3 Å². The molecule has 1 N–H and O–H groups in total. The Labute approximate surface area is 152 Å². The SMILES string of the molecule is COCc1nc(NC(C)c2cc(OC)ccc2OC)c2cnn(C)c2n1. The molecule has 1 aromatic carbocycles. The number of aryl methyl sites for hydroxylation is 1. The van der Waals surface area contributed by atoms with Crippen LogP contribution in [0.4, 0.5) is 5.82 Å². The van der Waals surface area contributed by atoms with E-state index in [-0.39, 0.29) is 6.04 Å². The molecule has 2 heterocycles. The van der Waals surface area contributed by atoms with Crippen LogP contribution in [0.3, 0.4) is 0 Å². The van der Waals surface area contributed by atoms with E-state index in [1.54, 1.807) is 32.2 Å². The minimum Gasteiger partial charge on any atom is -0.497 e. The molecule has 2 aromatic heterocycles. The highest BCUT2D eigenvalue weighted by Crippen LogP contribution is 2.32. The van der Waals surface area contributed by atoms with E-state index < -0.39 is 0 Å². The minimum atomic E-state index is -0.0752. The van der Waals surface area contributed by atoms with Crippen molar-refractivity contribution in [2.45, 2.75) is 19.6 Å². The second-order valence-electron chi connectivity index (χ2n) is 5.90. The van der Waals surface area contributed by atoms with Crippen LogP contribution in [0.5, 0.6) is 11.5 Å². The summed E-state index contributed by atoms with van der Waals surface area (Å²) in [5, 5.41) is 8.58. The number of nitrogens with zero attached hydrogens (tertiary/aromatic N) is 4. The van der Waals surface area contributed by atoms with Crippen molar-refractivity contribution in [3.8, 4) is 11.5 Å². The molecule has 26 heavy (non-hydrogen) atoms. The first-order valence-electron chi connectivity index (χ1n) is 8.23. The first-order chi connectivity index (χ1) is 12.6. The molecule has 0 fully saturated rings. The molecule has 0 aliphatic carbocycles. The summed E-state index contributed by atoms with van der Waals surface area (Å²) in [7, 11) is 6.76. The Hall–Kier alpha value is -2.87. The maximum absolute atomic E-state index is 5.49. The molecule has 8 nitrogen and oxygen atoms in total. The zero-order valence-electron chi connectivity index (χ0n) is 15.6. The fraction of sp³-hybridized carbons (Fsp3) is 0.389. The maximum atomic E-state index is 5.49. The lowest BCUT2D eigenvalue weighted by molar-refractivity contribution is 0.178. The predicted octanol–water partition coefficient (Wildman–Crippen LogP) is 2.70. The van der Waals surface area contributed by atoms with Gasteiger partial charge in [0.25, 0.3) is 0 Å². The molecule has 1 unspecified atom stereocenters. The van der Waals surface area contributed by atoms with E-state index in [2.05, 4.69) is 20.4 Å². The van der Waals surface area contributed by atoms with Crippen molar-refractivity contribution in [1.82, 2.24) is 19.7 Å². The van der Waals surface area contributed by atoms with Gasteiger partial charge < -0.3 is 19.5 Å². The molecular weight excluding hydrogens is 334 g/mol. The molecule has 0 amide bonds. The number of ether oxygens (including phenoxy) is 3. The van der Waals surface area contributed by atoms with Crippen molar-refractivity contribution < 1.29 is 14.2 Å². The van der Waals surface area contributed by atoms with Gasteiger partial charge in [-0.05, 0) is 25.1 Å². The summed E-state index contributed by atoms with van der Waals surface area (Å²) in [6.07, 6.45) is 1.75. The smallest absolute Gasteiger partial charge is 0.163 e. The first kappa shape index (κ1) is 17.9. The maximum Gasteiger partial charge on any atom is 0.163 e. The van der Waals surface area contributed by atoms with Gasteiger partial charge in [0.05, 0.1) is 31.8 Å². The van der Waals surface area contributed by atoms with Crippen molar-refractivity contribution in [2.75, 3.05) is 26.6 Å². The Morgan fingerprint density at radius 1 is 1.15 bits per heavy atom. The summed E-state index contributed by atoms with van der Waals surface area (Å²) in [5.74, 6) is 2.84. The van der Waals surface area contributed by atoms with Gasteiger partial charge >= 0.3 is 0 Å². The molecule has 0 saturated heterocycles. The van der Waals surface area contributed by atoms with Crippen LogP contribution in [0.1, 0.15) is 24.4 Å². The Morgan fingerprint density at radius 2 is 1.96 bits per heavy atom. The van der Waals surface area contributed by atoms with Gasteiger partial charge in [-0.25, -0.2) is 9.97 Å². The molecule has 8 heteroatoms. The lowest BCUT2D eigenvalue weighted by Gasteiger charge is -2.19. The molecule has 0 spiro atoms. The molecule has 0 saturated carbocycles. The third-order valence-electron chi connectivity index (χ3n) is 4.17. The number of hydrogen-bond acceptors (Lipinski definition) is 7. The van der Waals surface area contributed by atoms with Crippen LogP contribution in [0, 0.1) is 0 Å². The summed E-state index contributed by atoms with van der Waals surface area (Å²) in [6, 6.07) is 5.64. The van der Waals surface area contributed by atoms with Gasteiger partial charge in [-0.2, -0.15) is 5.10 Å². The van der Waals surface area contributed by atoms with Gasteiger partial charge in [0.2, 0.25) is 0 Å². The van der Waals surface area contributed by atoms with Crippen LogP contribution in [0.15, 0.2) is 24.4 Å². The molecule has 0 aliphatic rings. The van der Waals surface area contributed by atoms with Gasteiger partial charge in [0, 0.05) is 19.7 Å². The van der Waals surface area contributed by atoms with Crippen LogP contribution in [0.2, 0.25) is 0 Å². The molecule has 0 bridgehead atoms. The molecule has 0 aliphatic heterocycles. The number of hydrogen-bond donors (Lipinski definition) is 1. The Kier molecular flexibility index (Phi) is 5.22. The fourth-order valence-corrected chi connectivity index (χ4v) is 2.83. The Balaban J connectivity index is 2.00. The lowest BCUT2D eigenvalue weighted by Crippen LogP contribution is -2.12. The van der Waals surface area contributed by atoms with Gasteiger partial charge in [0.1, 0.15) is 23.9 Å². The molecule has 3 rings (SSSR count). The summed E-state index contributed by atoms with van der Waals surface area (Å²) < 4.78 is 17.7. The van der Waals surface area contributed by atoms with Crippen molar-refractivity contribution in [3.05, 3.63) is 35.8 Å². The van der Waals surface area contributed by atoms with Gasteiger partial charge in [-0.15, -0.1) is 0 Å². The minimum absolute atomic E-state index is 0.0752. The molecule has 1 atom stereocenters. The monoisotopic (exact) mass is 357 g/mol. The van der Waals surface area contributed by atoms with Crippen LogP contribution in [-0.2, 0) is 18.4 Å². The van der Waals surface area contributed by atoms with E-state index in [0.717, 1.165) is 28.1 Å². The van der Waals surface area contributed by atoms with Crippen molar-refractivity contribution in [3.63, 3.8) is 0 Å². The van der Waals surface area contributed by atoms with Crippen LogP contribution in [0.25, 0.3) is 11.0 Å². The summed E-state index contributed by atoms with van der Waals surface area (Å²) in [6.45, 7) is 2.37. The summed E-state index contributed by atoms with van der Waals surface area (Å²) >= 11 is 0. The van der Waals surface area contributed by atoms with Crippen LogP contribution in [-0.4, -0.2) is 41.1 Å². The van der Waals surface area contributed by atoms with E-state index >= 15 is 0 Å². The van der Waals surface area contributed by atoms with Crippen molar-refractivity contribution in [1.29, 1.82) is 0 Å². The van der Waals surface area contributed by atoms with E-state index in [1.165, 1.54) is 0 Å². The Bertz CT molecular complexity index is 909. The summed E-state index contributed by atoms with van der Waals surface area (Å²) in [4.78, 5) is 9.10. The number of nitrogens with one attached hydrogen (secondary N) is 1. The standard InChI is InChI=1S/C18H23N5O3/c1-11(13-8-12(25-4)6-7-15(13)26-5)20-17-14-9-19-23(2)18(14)22-16(21-17)10-24-3/h6-9,11H,10H2,1-5H3,(H,20,21,22). The number of anilines is 1. The second-order valence-corrected chi connectivity index (χ2v) is 5.90. The number of aromatic nitrogens is 4. The highest BCUT2D eigenvalue weighted by atomic mass is 16.5. The van der Waals surface area contributed by atoms with E-state index in [0.29, 0.717) is 18.2 Å². The lowest BCUT2D eigenvalue weighted by atomic mass is 10.1. The zero-order chi connectivity index (χ0) is 18.7. The quantitative estimate of drug-likeness (QED) is 0.696. The highest BCUT2D eigenvalue weighted by Gasteiger charge is 2.17. The van der Waals surface area contributed by atoms with Crippen molar-refractivity contribution >= 4 is 16.9 Å². The first-order valence-corrected chi connectivity index (χ1v) is 8.23. The third-order valence-corrected chi connectivity index (χ3v) is 4.17. The van der Waals surface area contributed by atoms with Gasteiger partial charge in [0.15, 0.2) is 11.5 Å². The summed E-state index contributed by atoms with van der Waals surface area (Å²) in [5.41, 5.74) is 1.72. The third kappa shape index (κ3) is 3.41. The number of fused-ring (bicyclic) bond motifs is 1. The molecule has 138 valence electrons. The van der Waals surface area contributed by atoms with Crippen molar-refractivity contribution in [2.24, 2.45) is 7.05 Å². The largest absolute Gasteiger partial charge is 0.497 e. The van der Waals surface area contributed by atoms with Crippen LogP contribution >= 0.6 is 0 Å². The van der Waals surface area contributed by atoms with E-state index in [9.17, 15) is 0 Å². The predicted molar refractivity (Wildman–Crippen MR) is 98.6 cm³/mol. The number of benzene rings is 1. The van der Waals surface area contributed by atoms with Crippen LogP contribution < -0.4 is 14.8 Å².